The molecular weight excluding hydrogens is 306 g/mol. The maximum absolute atomic E-state index is 11.9. The van der Waals surface area contributed by atoms with Gasteiger partial charge in [-0.25, -0.2) is 0 Å². The van der Waals surface area contributed by atoms with E-state index in [1.54, 1.807) is 12.4 Å². The fourth-order valence-electron chi connectivity index (χ4n) is 1.53. The summed E-state index contributed by atoms with van der Waals surface area (Å²) >= 11 is 3.37. The molecule has 0 atom stereocenters. The smallest absolute Gasteiger partial charge is 0.251 e. The SMILES string of the molecule is Cc1cnc(CNC(=O)c2ccc(CBr)cc2)cn1. The van der Waals surface area contributed by atoms with E-state index in [1.807, 2.05) is 31.2 Å². The third kappa shape index (κ3) is 3.86. The summed E-state index contributed by atoms with van der Waals surface area (Å²) in [6, 6.07) is 7.48. The topological polar surface area (TPSA) is 54.9 Å². The second-order valence-electron chi connectivity index (χ2n) is 4.16. The number of hydrogen-bond donors (Lipinski definition) is 1. The second kappa shape index (κ2) is 6.43. The summed E-state index contributed by atoms with van der Waals surface area (Å²) in [5.41, 5.74) is 3.39. The maximum Gasteiger partial charge on any atom is 0.251 e. The lowest BCUT2D eigenvalue weighted by Gasteiger charge is -2.05. The fraction of sp³-hybridized carbons (Fsp3) is 0.214. The number of nitrogens with zero attached hydrogens (tertiary/aromatic N) is 2. The Morgan fingerprint density at radius 2 is 1.95 bits per heavy atom. The number of aromatic nitrogens is 2. The molecule has 1 heterocycles. The summed E-state index contributed by atoms with van der Waals surface area (Å²) in [5.74, 6) is -0.108. The molecule has 0 aliphatic carbocycles. The largest absolute Gasteiger partial charge is 0.346 e. The highest BCUT2D eigenvalue weighted by molar-refractivity contribution is 9.08. The highest BCUT2D eigenvalue weighted by atomic mass is 79.9. The number of hydrogen-bond acceptors (Lipinski definition) is 3. The molecular formula is C14H14BrN3O. The van der Waals surface area contributed by atoms with Crippen LogP contribution in [0.5, 0.6) is 0 Å². The van der Waals surface area contributed by atoms with Gasteiger partial charge in [-0.1, -0.05) is 28.1 Å². The number of carbonyl (C=O) groups excluding carboxylic acids is 1. The number of alkyl halides is 1. The Kier molecular flexibility index (Phi) is 4.63. The molecule has 19 heavy (non-hydrogen) atoms. The Labute approximate surface area is 120 Å². The van der Waals surface area contributed by atoms with E-state index >= 15 is 0 Å². The Hall–Kier alpha value is -1.75. The van der Waals surface area contributed by atoms with Crippen molar-refractivity contribution < 1.29 is 4.79 Å². The molecule has 0 radical (unpaired) electrons. The summed E-state index contributed by atoms with van der Waals surface area (Å²) < 4.78 is 0. The average molecular weight is 320 g/mol. The maximum atomic E-state index is 11.9. The van der Waals surface area contributed by atoms with Gasteiger partial charge >= 0.3 is 0 Å². The molecule has 0 saturated heterocycles. The summed E-state index contributed by atoms with van der Waals surface area (Å²) in [6.07, 6.45) is 3.36. The Bertz CT molecular complexity index is 552. The van der Waals surface area contributed by atoms with E-state index in [1.165, 1.54) is 0 Å². The first-order chi connectivity index (χ1) is 9.19. The fourth-order valence-corrected chi connectivity index (χ4v) is 1.90. The first-order valence-electron chi connectivity index (χ1n) is 5.89. The van der Waals surface area contributed by atoms with E-state index in [0.717, 1.165) is 22.3 Å². The third-order valence-electron chi connectivity index (χ3n) is 2.63. The van der Waals surface area contributed by atoms with Gasteiger partial charge < -0.3 is 5.32 Å². The van der Waals surface area contributed by atoms with Gasteiger partial charge in [0.05, 0.1) is 24.1 Å². The summed E-state index contributed by atoms with van der Waals surface area (Å²) in [6.45, 7) is 2.26. The first-order valence-corrected chi connectivity index (χ1v) is 7.02. The van der Waals surface area contributed by atoms with Crippen LogP contribution in [0, 0.1) is 6.92 Å². The Balaban J connectivity index is 1.95. The number of benzene rings is 1. The zero-order valence-corrected chi connectivity index (χ0v) is 12.1. The van der Waals surface area contributed by atoms with Crippen LogP contribution in [-0.2, 0) is 11.9 Å². The van der Waals surface area contributed by atoms with Gasteiger partial charge in [0.2, 0.25) is 0 Å². The lowest BCUT2D eigenvalue weighted by molar-refractivity contribution is 0.0950. The van der Waals surface area contributed by atoms with Gasteiger partial charge in [0.1, 0.15) is 0 Å². The van der Waals surface area contributed by atoms with E-state index in [-0.39, 0.29) is 5.91 Å². The van der Waals surface area contributed by atoms with Crippen LogP contribution in [0.25, 0.3) is 0 Å². The van der Waals surface area contributed by atoms with Crippen LogP contribution < -0.4 is 5.32 Å². The van der Waals surface area contributed by atoms with Gasteiger partial charge in [-0.05, 0) is 24.6 Å². The van der Waals surface area contributed by atoms with Gasteiger partial charge in [-0.2, -0.15) is 0 Å². The molecule has 1 aromatic heterocycles. The minimum Gasteiger partial charge on any atom is -0.346 e. The molecule has 4 nitrogen and oxygen atoms in total. The minimum absolute atomic E-state index is 0.108. The van der Waals surface area contributed by atoms with E-state index in [9.17, 15) is 4.79 Å². The van der Waals surface area contributed by atoms with Crippen molar-refractivity contribution in [3.63, 3.8) is 0 Å². The summed E-state index contributed by atoms with van der Waals surface area (Å²) in [4.78, 5) is 20.2. The number of halogens is 1. The highest BCUT2D eigenvalue weighted by Gasteiger charge is 2.05. The average Bonchev–Trinajstić information content (AvgIpc) is 2.46. The van der Waals surface area contributed by atoms with Gasteiger partial charge in [0.25, 0.3) is 5.91 Å². The zero-order chi connectivity index (χ0) is 13.7. The van der Waals surface area contributed by atoms with E-state index in [4.69, 9.17) is 0 Å². The molecule has 98 valence electrons. The Morgan fingerprint density at radius 3 is 2.53 bits per heavy atom. The zero-order valence-electron chi connectivity index (χ0n) is 10.6. The van der Waals surface area contributed by atoms with Crippen LogP contribution in [-0.4, -0.2) is 15.9 Å². The van der Waals surface area contributed by atoms with Crippen LogP contribution in [0.2, 0.25) is 0 Å². The normalized spacial score (nSPS) is 10.2. The number of carbonyl (C=O) groups is 1. The Morgan fingerprint density at radius 1 is 1.21 bits per heavy atom. The molecule has 0 bridgehead atoms. The number of aryl methyl sites for hydroxylation is 1. The van der Waals surface area contributed by atoms with Crippen LogP contribution >= 0.6 is 15.9 Å². The molecule has 0 aliphatic heterocycles. The molecule has 0 aliphatic rings. The predicted molar refractivity (Wildman–Crippen MR) is 77.0 cm³/mol. The molecule has 0 unspecified atom stereocenters. The molecule has 1 amide bonds. The summed E-state index contributed by atoms with van der Waals surface area (Å²) in [5, 5.41) is 3.60. The van der Waals surface area contributed by atoms with Crippen molar-refractivity contribution in [1.29, 1.82) is 0 Å². The van der Waals surface area contributed by atoms with E-state index in [0.29, 0.717) is 12.1 Å². The van der Waals surface area contributed by atoms with Crippen LogP contribution in [0.3, 0.4) is 0 Å². The summed E-state index contributed by atoms with van der Waals surface area (Å²) in [7, 11) is 0. The highest BCUT2D eigenvalue weighted by Crippen LogP contribution is 2.08. The molecule has 1 N–H and O–H groups in total. The molecule has 0 saturated carbocycles. The predicted octanol–water partition coefficient (Wildman–Crippen LogP) is 2.61. The third-order valence-corrected chi connectivity index (χ3v) is 3.28. The molecule has 0 spiro atoms. The van der Waals surface area contributed by atoms with Gasteiger partial charge in [0.15, 0.2) is 0 Å². The molecule has 1 aromatic carbocycles. The lowest BCUT2D eigenvalue weighted by Crippen LogP contribution is -2.23. The van der Waals surface area contributed by atoms with Crippen molar-refractivity contribution in [2.24, 2.45) is 0 Å². The molecule has 2 rings (SSSR count). The van der Waals surface area contributed by atoms with Crippen molar-refractivity contribution in [3.8, 4) is 0 Å². The first kappa shape index (κ1) is 13.7. The van der Waals surface area contributed by atoms with Crippen molar-refractivity contribution in [2.45, 2.75) is 18.8 Å². The van der Waals surface area contributed by atoms with Crippen LogP contribution in [0.4, 0.5) is 0 Å². The van der Waals surface area contributed by atoms with Crippen molar-refractivity contribution in [2.75, 3.05) is 0 Å². The molecule has 2 aromatic rings. The van der Waals surface area contributed by atoms with E-state index < -0.39 is 0 Å². The number of amides is 1. The second-order valence-corrected chi connectivity index (χ2v) is 4.72. The standard InChI is InChI=1S/C14H14BrN3O/c1-10-7-17-13(8-16-10)9-18-14(19)12-4-2-11(6-15)3-5-12/h2-5,7-8H,6,9H2,1H3,(H,18,19). The number of nitrogens with one attached hydrogen (secondary N) is 1. The van der Waals surface area contributed by atoms with Gasteiger partial charge in [0, 0.05) is 17.1 Å². The van der Waals surface area contributed by atoms with Crippen molar-refractivity contribution in [3.05, 3.63) is 59.2 Å². The van der Waals surface area contributed by atoms with Crippen molar-refractivity contribution >= 4 is 21.8 Å². The lowest BCUT2D eigenvalue weighted by atomic mass is 10.1. The van der Waals surface area contributed by atoms with Crippen molar-refractivity contribution in [1.82, 2.24) is 15.3 Å². The molecule has 0 fully saturated rings. The van der Waals surface area contributed by atoms with Crippen LogP contribution in [0.15, 0.2) is 36.7 Å². The quantitative estimate of drug-likeness (QED) is 0.881. The molecule has 5 heteroatoms. The minimum atomic E-state index is -0.108. The van der Waals surface area contributed by atoms with Gasteiger partial charge in [-0.15, -0.1) is 0 Å². The van der Waals surface area contributed by atoms with Crippen LogP contribution in [0.1, 0.15) is 27.3 Å². The van der Waals surface area contributed by atoms with E-state index in [2.05, 4.69) is 31.2 Å². The number of rotatable bonds is 4. The monoisotopic (exact) mass is 319 g/mol. The van der Waals surface area contributed by atoms with Gasteiger partial charge in [-0.3, -0.25) is 14.8 Å².